The summed E-state index contributed by atoms with van der Waals surface area (Å²) in [5, 5.41) is 4.29. The highest BCUT2D eigenvalue weighted by Crippen LogP contribution is 2.19. The molecule has 0 fully saturated rings. The van der Waals surface area contributed by atoms with Crippen LogP contribution in [-0.2, 0) is 6.42 Å². The lowest BCUT2D eigenvalue weighted by Crippen LogP contribution is -2.41. The molecule has 0 aliphatic carbocycles. The first-order valence-corrected chi connectivity index (χ1v) is 8.75. The van der Waals surface area contributed by atoms with Crippen molar-refractivity contribution in [1.82, 2.24) is 20.1 Å². The summed E-state index contributed by atoms with van der Waals surface area (Å²) in [5.41, 5.74) is 3.66. The highest BCUT2D eigenvalue weighted by molar-refractivity contribution is 5.83. The molecular formula is C19H30N4O. The number of H-pyrrole nitrogens is 1. The van der Waals surface area contributed by atoms with Crippen LogP contribution in [-0.4, -0.2) is 61.1 Å². The van der Waals surface area contributed by atoms with Crippen LogP contribution in [0.3, 0.4) is 0 Å². The van der Waals surface area contributed by atoms with Gasteiger partial charge >= 0.3 is 6.03 Å². The Labute approximate surface area is 145 Å². The second kappa shape index (κ2) is 8.73. The lowest BCUT2D eigenvalue weighted by atomic mass is 10.1. The van der Waals surface area contributed by atoms with Crippen LogP contribution in [0.2, 0.25) is 0 Å². The summed E-state index contributed by atoms with van der Waals surface area (Å²) in [6, 6.07) is 6.47. The maximum absolute atomic E-state index is 12.3. The van der Waals surface area contributed by atoms with E-state index in [1.54, 1.807) is 0 Å². The Hall–Kier alpha value is -2.01. The van der Waals surface area contributed by atoms with E-state index >= 15 is 0 Å². The van der Waals surface area contributed by atoms with E-state index in [-0.39, 0.29) is 6.03 Å². The molecule has 5 nitrogen and oxygen atoms in total. The molecule has 1 heterocycles. The normalized spacial score (nSPS) is 11.2. The van der Waals surface area contributed by atoms with Crippen LogP contribution in [0.5, 0.6) is 0 Å². The number of fused-ring (bicyclic) bond motifs is 1. The van der Waals surface area contributed by atoms with E-state index < -0.39 is 0 Å². The Kier molecular flexibility index (Phi) is 6.67. The zero-order chi connectivity index (χ0) is 17.5. The summed E-state index contributed by atoms with van der Waals surface area (Å²) in [7, 11) is 4.11. The average Bonchev–Trinajstić information content (AvgIpc) is 2.93. The zero-order valence-electron chi connectivity index (χ0n) is 15.4. The smallest absolute Gasteiger partial charge is 0.317 e. The van der Waals surface area contributed by atoms with Crippen molar-refractivity contribution in [2.75, 3.05) is 40.3 Å². The minimum atomic E-state index is 0.0342. The van der Waals surface area contributed by atoms with Gasteiger partial charge in [-0.15, -0.1) is 0 Å². The van der Waals surface area contributed by atoms with Gasteiger partial charge in [0.2, 0.25) is 0 Å². The second-order valence-corrected chi connectivity index (χ2v) is 6.58. The number of urea groups is 1. The molecule has 0 unspecified atom stereocenters. The molecule has 1 aromatic heterocycles. The fourth-order valence-corrected chi connectivity index (χ4v) is 2.90. The molecular weight excluding hydrogens is 300 g/mol. The lowest BCUT2D eigenvalue weighted by molar-refractivity contribution is 0.198. The van der Waals surface area contributed by atoms with Crippen LogP contribution in [0.25, 0.3) is 10.9 Å². The van der Waals surface area contributed by atoms with Gasteiger partial charge in [0.15, 0.2) is 0 Å². The average molecular weight is 330 g/mol. The monoisotopic (exact) mass is 330 g/mol. The number of nitrogens with zero attached hydrogens (tertiary/aromatic N) is 2. The van der Waals surface area contributed by atoms with Crippen molar-refractivity contribution >= 4 is 16.9 Å². The largest absolute Gasteiger partial charge is 0.361 e. The van der Waals surface area contributed by atoms with E-state index in [0.29, 0.717) is 6.54 Å². The molecule has 24 heavy (non-hydrogen) atoms. The maximum atomic E-state index is 12.3. The quantitative estimate of drug-likeness (QED) is 0.782. The Balaban J connectivity index is 1.82. The number of carbonyl (C=O) groups excluding carboxylic acids is 1. The molecule has 0 aliphatic rings. The Bertz CT molecular complexity index is 662. The van der Waals surface area contributed by atoms with Crippen LogP contribution in [0, 0.1) is 6.92 Å². The highest BCUT2D eigenvalue weighted by Gasteiger charge is 2.11. The van der Waals surface area contributed by atoms with E-state index in [2.05, 4.69) is 54.4 Å². The number of amides is 2. The van der Waals surface area contributed by atoms with Gasteiger partial charge in [-0.25, -0.2) is 4.79 Å². The minimum absolute atomic E-state index is 0.0342. The van der Waals surface area contributed by atoms with Gasteiger partial charge < -0.3 is 20.1 Å². The maximum Gasteiger partial charge on any atom is 0.317 e. The first-order valence-electron chi connectivity index (χ1n) is 8.75. The van der Waals surface area contributed by atoms with Crippen molar-refractivity contribution in [3.8, 4) is 0 Å². The zero-order valence-corrected chi connectivity index (χ0v) is 15.4. The third kappa shape index (κ3) is 4.99. The Morgan fingerprint density at radius 2 is 2.04 bits per heavy atom. The number of rotatable bonds is 8. The van der Waals surface area contributed by atoms with Crippen LogP contribution in [0.15, 0.2) is 24.4 Å². The molecule has 1 aromatic carbocycles. The summed E-state index contributed by atoms with van der Waals surface area (Å²) in [4.78, 5) is 19.6. The molecule has 2 N–H and O–H groups in total. The third-order valence-electron chi connectivity index (χ3n) is 4.30. The summed E-state index contributed by atoms with van der Waals surface area (Å²) in [6.45, 7) is 7.31. The number of hydrogen-bond donors (Lipinski definition) is 2. The van der Waals surface area contributed by atoms with Gasteiger partial charge in [-0.1, -0.05) is 12.1 Å². The molecule has 2 amide bonds. The number of carbonyl (C=O) groups is 1. The number of aryl methyl sites for hydroxylation is 1. The van der Waals surface area contributed by atoms with Crippen molar-refractivity contribution in [2.45, 2.75) is 26.7 Å². The Morgan fingerprint density at radius 1 is 1.25 bits per heavy atom. The number of hydrogen-bond acceptors (Lipinski definition) is 2. The van der Waals surface area contributed by atoms with E-state index in [0.717, 1.165) is 38.0 Å². The molecule has 5 heteroatoms. The summed E-state index contributed by atoms with van der Waals surface area (Å²) in [6.07, 6.45) is 3.88. The Morgan fingerprint density at radius 3 is 2.75 bits per heavy atom. The second-order valence-electron chi connectivity index (χ2n) is 6.58. The van der Waals surface area contributed by atoms with E-state index in [4.69, 9.17) is 0 Å². The molecule has 2 aromatic rings. The molecule has 0 aliphatic heterocycles. The van der Waals surface area contributed by atoms with Gasteiger partial charge in [0.05, 0.1) is 0 Å². The predicted octanol–water partition coefficient (Wildman–Crippen LogP) is 3.00. The molecule has 0 saturated carbocycles. The summed E-state index contributed by atoms with van der Waals surface area (Å²) < 4.78 is 0. The number of aromatic amines is 1. The number of benzene rings is 1. The summed E-state index contributed by atoms with van der Waals surface area (Å²) in [5.74, 6) is 0. The predicted molar refractivity (Wildman–Crippen MR) is 101 cm³/mol. The van der Waals surface area contributed by atoms with Gasteiger partial charge in [0, 0.05) is 36.7 Å². The van der Waals surface area contributed by atoms with Crippen molar-refractivity contribution in [1.29, 1.82) is 0 Å². The lowest BCUT2D eigenvalue weighted by Gasteiger charge is -2.22. The number of nitrogens with one attached hydrogen (secondary N) is 2. The van der Waals surface area contributed by atoms with Crippen LogP contribution in [0.4, 0.5) is 4.79 Å². The van der Waals surface area contributed by atoms with Crippen molar-refractivity contribution in [3.63, 3.8) is 0 Å². The van der Waals surface area contributed by atoms with Crippen molar-refractivity contribution < 1.29 is 4.79 Å². The first-order chi connectivity index (χ1) is 11.5. The SMILES string of the molecule is CCN(CCCN(C)C)C(=O)NCCc1c[nH]c2cc(C)ccc12. The van der Waals surface area contributed by atoms with Gasteiger partial charge in [0.25, 0.3) is 0 Å². The molecule has 132 valence electrons. The van der Waals surface area contributed by atoms with Crippen LogP contribution < -0.4 is 5.32 Å². The summed E-state index contributed by atoms with van der Waals surface area (Å²) >= 11 is 0. The molecule has 0 radical (unpaired) electrons. The highest BCUT2D eigenvalue weighted by atomic mass is 16.2. The van der Waals surface area contributed by atoms with E-state index in [9.17, 15) is 4.79 Å². The van der Waals surface area contributed by atoms with Crippen molar-refractivity contribution in [3.05, 3.63) is 35.5 Å². The van der Waals surface area contributed by atoms with Gasteiger partial charge in [-0.05, 0) is 64.5 Å². The molecule has 0 saturated heterocycles. The van der Waals surface area contributed by atoms with Crippen LogP contribution in [0.1, 0.15) is 24.5 Å². The molecule has 0 bridgehead atoms. The first kappa shape index (κ1) is 18.3. The molecule has 0 atom stereocenters. The minimum Gasteiger partial charge on any atom is -0.361 e. The number of aromatic nitrogens is 1. The van der Waals surface area contributed by atoms with Gasteiger partial charge in [-0.3, -0.25) is 0 Å². The topological polar surface area (TPSA) is 51.4 Å². The molecule has 0 spiro atoms. The van der Waals surface area contributed by atoms with Gasteiger partial charge in [-0.2, -0.15) is 0 Å². The van der Waals surface area contributed by atoms with Gasteiger partial charge in [0.1, 0.15) is 0 Å². The fourth-order valence-electron chi connectivity index (χ4n) is 2.90. The van der Waals surface area contributed by atoms with E-state index in [1.165, 1.54) is 16.5 Å². The fraction of sp³-hybridized carbons (Fsp3) is 0.526. The van der Waals surface area contributed by atoms with E-state index in [1.807, 2.05) is 18.0 Å². The molecule has 2 rings (SSSR count). The van der Waals surface area contributed by atoms with Crippen molar-refractivity contribution in [2.24, 2.45) is 0 Å². The third-order valence-corrected chi connectivity index (χ3v) is 4.30. The van der Waals surface area contributed by atoms with Crippen LogP contribution >= 0.6 is 0 Å². The standard InChI is InChI=1S/C19H30N4O/c1-5-23(12-6-11-22(3)4)19(24)20-10-9-16-14-21-18-13-15(2)7-8-17(16)18/h7-8,13-14,21H,5-6,9-12H2,1-4H3,(H,20,24).